The van der Waals surface area contributed by atoms with Crippen molar-refractivity contribution < 1.29 is 5.11 Å². The molecule has 24 heavy (non-hydrogen) atoms. The van der Waals surface area contributed by atoms with Gasteiger partial charge in [0.15, 0.2) is 6.20 Å². The zero-order chi connectivity index (χ0) is 16.9. The first-order valence-electron chi connectivity index (χ1n) is 10.3. The van der Waals surface area contributed by atoms with Gasteiger partial charge in [-0.15, -0.1) is 0 Å². The molecule has 0 aromatic rings. The van der Waals surface area contributed by atoms with Crippen LogP contribution in [0.15, 0.2) is 11.8 Å². The molecule has 0 aliphatic heterocycles. The van der Waals surface area contributed by atoms with Crippen molar-refractivity contribution in [3.8, 4) is 0 Å². The number of aliphatic hydroxyl groups is 1. The Morgan fingerprint density at radius 2 is 2.00 bits per heavy atom. The number of allylic oxidation sites excluding steroid dienone is 1. The summed E-state index contributed by atoms with van der Waals surface area (Å²) >= 11 is 0. The van der Waals surface area contributed by atoms with Crippen LogP contribution in [-0.4, -0.2) is 11.2 Å². The first-order valence-corrected chi connectivity index (χ1v) is 10.3. The summed E-state index contributed by atoms with van der Waals surface area (Å²) in [6.45, 7) is 12.1. The Morgan fingerprint density at radius 1 is 1.17 bits per heavy atom. The lowest BCUT2D eigenvalue weighted by Gasteiger charge is -2.61. The summed E-state index contributed by atoms with van der Waals surface area (Å²) < 4.78 is 0. The van der Waals surface area contributed by atoms with E-state index in [-0.39, 0.29) is 6.10 Å². The van der Waals surface area contributed by atoms with Crippen molar-refractivity contribution in [3.63, 3.8) is 0 Å². The van der Waals surface area contributed by atoms with Gasteiger partial charge in [-0.2, -0.15) is 0 Å². The van der Waals surface area contributed by atoms with Crippen LogP contribution in [0.2, 0.25) is 0 Å². The van der Waals surface area contributed by atoms with Crippen LogP contribution in [0.25, 0.3) is 4.85 Å². The maximum Gasteiger partial charge on any atom is 0.154 e. The Balaban J connectivity index is 1.66. The van der Waals surface area contributed by atoms with Crippen LogP contribution in [0, 0.1) is 41.1 Å². The Bertz CT molecular complexity index is 575. The number of rotatable bonds is 1. The molecule has 0 saturated heterocycles. The van der Waals surface area contributed by atoms with E-state index in [1.165, 1.54) is 50.5 Å². The molecule has 7 atom stereocenters. The highest BCUT2D eigenvalue weighted by Gasteiger charge is 2.59. The first kappa shape index (κ1) is 16.6. The maximum absolute atomic E-state index is 10.2. The van der Waals surface area contributed by atoms with Gasteiger partial charge in [0, 0.05) is 0 Å². The van der Waals surface area contributed by atoms with Crippen LogP contribution >= 0.6 is 0 Å². The molecular weight excluding hydrogens is 294 g/mol. The van der Waals surface area contributed by atoms with Crippen molar-refractivity contribution in [1.29, 1.82) is 0 Å². The molecule has 0 amide bonds. The molecule has 0 aromatic heterocycles. The van der Waals surface area contributed by atoms with Crippen molar-refractivity contribution >= 4 is 0 Å². The highest BCUT2D eigenvalue weighted by Crippen LogP contribution is 2.68. The van der Waals surface area contributed by atoms with Crippen LogP contribution in [-0.2, 0) is 0 Å². The van der Waals surface area contributed by atoms with E-state index >= 15 is 0 Å². The third-order valence-corrected chi connectivity index (χ3v) is 9.06. The van der Waals surface area contributed by atoms with Gasteiger partial charge in [0.2, 0.25) is 0 Å². The Hall–Kier alpha value is -0.810. The van der Waals surface area contributed by atoms with Gasteiger partial charge in [-0.25, -0.2) is 4.85 Å². The summed E-state index contributed by atoms with van der Waals surface area (Å²) in [4.78, 5) is 3.62. The van der Waals surface area contributed by atoms with E-state index in [1.807, 2.05) is 6.20 Å². The Morgan fingerprint density at radius 3 is 2.75 bits per heavy atom. The lowest BCUT2D eigenvalue weighted by Crippen LogP contribution is -2.54. The smallest absolute Gasteiger partial charge is 0.154 e. The summed E-state index contributed by atoms with van der Waals surface area (Å²) in [5.74, 6) is 3.31. The zero-order valence-electron chi connectivity index (χ0n) is 15.4. The Labute approximate surface area is 147 Å². The molecule has 4 aliphatic carbocycles. The number of aliphatic hydroxyl groups excluding tert-OH is 1. The minimum Gasteiger partial charge on any atom is -0.393 e. The van der Waals surface area contributed by atoms with Crippen molar-refractivity contribution in [2.75, 3.05) is 0 Å². The molecule has 0 unspecified atom stereocenters. The molecule has 4 aliphatic rings. The van der Waals surface area contributed by atoms with E-state index in [0.717, 1.165) is 42.9 Å². The molecule has 132 valence electrons. The van der Waals surface area contributed by atoms with Crippen molar-refractivity contribution in [2.24, 2.45) is 34.5 Å². The monoisotopic (exact) mass is 327 g/mol. The second kappa shape index (κ2) is 5.87. The SMILES string of the molecule is [C-]#[N+]/C=C1/CC[C@H]2[C@@H]3CC[C@H]4C[C@H](O)CC[C@]4(CC)[C@H]3CC[C@]12C. The summed E-state index contributed by atoms with van der Waals surface area (Å²) in [6.07, 6.45) is 14.3. The minimum atomic E-state index is -0.0419. The van der Waals surface area contributed by atoms with Gasteiger partial charge in [0.1, 0.15) is 0 Å². The Kier molecular flexibility index (Phi) is 4.07. The van der Waals surface area contributed by atoms with Crippen LogP contribution in [0.3, 0.4) is 0 Å². The summed E-state index contributed by atoms with van der Waals surface area (Å²) in [5.41, 5.74) is 2.27. The van der Waals surface area contributed by atoms with E-state index < -0.39 is 0 Å². The van der Waals surface area contributed by atoms with E-state index in [2.05, 4.69) is 18.7 Å². The molecule has 0 aromatic carbocycles. The van der Waals surface area contributed by atoms with Gasteiger partial charge in [-0.1, -0.05) is 19.4 Å². The van der Waals surface area contributed by atoms with E-state index in [0.29, 0.717) is 10.8 Å². The number of nitrogens with zero attached hydrogens (tertiary/aromatic N) is 1. The lowest BCUT2D eigenvalue weighted by molar-refractivity contribution is -0.128. The standard InChI is InChI=1S/C22H33NO/c1-4-22-12-9-17(24)13-15(22)5-7-18-19-8-6-16(14-23-3)21(19,2)11-10-20(18)22/h14-15,17-20,24H,4-13H2,1-2H3/b16-14-/t15-,17+,18-,19-,20-,21+,22-/m0/s1. The highest BCUT2D eigenvalue weighted by atomic mass is 16.3. The van der Waals surface area contributed by atoms with Gasteiger partial charge in [0.05, 0.1) is 12.7 Å². The van der Waals surface area contributed by atoms with Crippen molar-refractivity contribution in [1.82, 2.24) is 0 Å². The topological polar surface area (TPSA) is 24.6 Å². The minimum absolute atomic E-state index is 0.0419. The normalized spacial score (nSPS) is 52.2. The van der Waals surface area contributed by atoms with Crippen molar-refractivity contribution in [3.05, 3.63) is 23.2 Å². The highest BCUT2D eigenvalue weighted by molar-refractivity contribution is 5.25. The van der Waals surface area contributed by atoms with Crippen LogP contribution in [0.1, 0.15) is 78.1 Å². The third-order valence-electron chi connectivity index (χ3n) is 9.06. The van der Waals surface area contributed by atoms with Gasteiger partial charge in [0.25, 0.3) is 0 Å². The van der Waals surface area contributed by atoms with E-state index in [1.54, 1.807) is 0 Å². The van der Waals surface area contributed by atoms with Gasteiger partial charge < -0.3 is 5.11 Å². The molecule has 2 nitrogen and oxygen atoms in total. The molecule has 0 heterocycles. The van der Waals surface area contributed by atoms with Gasteiger partial charge in [-0.05, 0) is 98.7 Å². The zero-order valence-corrected chi connectivity index (χ0v) is 15.4. The maximum atomic E-state index is 10.2. The molecule has 4 fully saturated rings. The predicted molar refractivity (Wildman–Crippen MR) is 97.0 cm³/mol. The van der Waals surface area contributed by atoms with Gasteiger partial charge >= 0.3 is 0 Å². The molecular formula is C22H33NO. The number of fused-ring (bicyclic) bond motifs is 5. The van der Waals surface area contributed by atoms with Crippen LogP contribution in [0.5, 0.6) is 0 Å². The lowest BCUT2D eigenvalue weighted by atomic mass is 9.44. The van der Waals surface area contributed by atoms with Crippen LogP contribution in [0.4, 0.5) is 0 Å². The summed E-state index contributed by atoms with van der Waals surface area (Å²) in [6, 6.07) is 0. The molecule has 0 spiro atoms. The fourth-order valence-corrected chi connectivity index (χ4v) is 7.88. The van der Waals surface area contributed by atoms with E-state index in [9.17, 15) is 5.11 Å². The molecule has 0 bridgehead atoms. The van der Waals surface area contributed by atoms with Crippen LogP contribution < -0.4 is 0 Å². The fraction of sp³-hybridized carbons (Fsp3) is 0.864. The molecule has 1 N–H and O–H groups in total. The second-order valence-corrected chi connectivity index (χ2v) is 9.44. The largest absolute Gasteiger partial charge is 0.393 e. The fourth-order valence-electron chi connectivity index (χ4n) is 7.88. The average molecular weight is 328 g/mol. The summed E-state index contributed by atoms with van der Waals surface area (Å²) in [5, 5.41) is 10.2. The van der Waals surface area contributed by atoms with Crippen molar-refractivity contribution in [2.45, 2.75) is 84.2 Å². The summed E-state index contributed by atoms with van der Waals surface area (Å²) in [7, 11) is 0. The first-order chi connectivity index (χ1) is 11.5. The van der Waals surface area contributed by atoms with E-state index in [4.69, 9.17) is 6.57 Å². The molecule has 2 heteroatoms. The quantitative estimate of drug-likeness (QED) is 0.624. The second-order valence-electron chi connectivity index (χ2n) is 9.44. The molecule has 0 radical (unpaired) electrons. The average Bonchev–Trinajstić information content (AvgIpc) is 2.91. The third kappa shape index (κ3) is 2.16. The predicted octanol–water partition coefficient (Wildman–Crippen LogP) is 5.58. The molecule has 4 saturated carbocycles. The number of hydrogen-bond donors (Lipinski definition) is 1. The number of hydrogen-bond acceptors (Lipinski definition) is 1. The molecule has 4 rings (SSSR count). The van der Waals surface area contributed by atoms with Gasteiger partial charge in [-0.3, -0.25) is 0 Å².